The van der Waals surface area contributed by atoms with Crippen molar-refractivity contribution in [2.24, 2.45) is 0 Å². The van der Waals surface area contributed by atoms with Gasteiger partial charge in [0.05, 0.1) is 0 Å². The summed E-state index contributed by atoms with van der Waals surface area (Å²) in [5, 5.41) is 0. The van der Waals surface area contributed by atoms with Gasteiger partial charge in [-0.15, -0.1) is 0 Å². The second-order valence-electron chi connectivity index (χ2n) is 6.01. The van der Waals surface area contributed by atoms with E-state index in [4.69, 9.17) is 0 Å². The van der Waals surface area contributed by atoms with Crippen LogP contribution in [0.25, 0.3) is 16.7 Å². The van der Waals surface area contributed by atoms with E-state index in [2.05, 4.69) is 86.7 Å². The predicted molar refractivity (Wildman–Crippen MR) is 101 cm³/mol. The first-order valence-corrected chi connectivity index (χ1v) is 8.57. The van der Waals surface area contributed by atoms with Crippen LogP contribution >= 0.6 is 0 Å². The summed E-state index contributed by atoms with van der Waals surface area (Å²) in [5.74, 6) is 0. The van der Waals surface area contributed by atoms with Crippen LogP contribution in [0.2, 0.25) is 0 Å². The monoisotopic (exact) mass is 300 g/mol. The molecule has 0 heterocycles. The Morgan fingerprint density at radius 2 is 1.39 bits per heavy atom. The molecule has 0 heteroatoms. The van der Waals surface area contributed by atoms with Crippen LogP contribution in [-0.4, -0.2) is 0 Å². The molecule has 0 saturated heterocycles. The quantitative estimate of drug-likeness (QED) is 0.597. The Hall–Kier alpha value is -2.34. The summed E-state index contributed by atoms with van der Waals surface area (Å²) >= 11 is 0. The van der Waals surface area contributed by atoms with E-state index in [0.29, 0.717) is 0 Å². The minimum Gasteiger partial charge on any atom is -0.0813 e. The number of rotatable bonds is 4. The molecule has 0 aliphatic heterocycles. The SMILES string of the molecule is CC/C=C1\C=CC(c2ccc(-c3ccc(CC)cc3)cc2)=CC1. The van der Waals surface area contributed by atoms with Crippen molar-refractivity contribution in [3.05, 3.63) is 89.5 Å². The van der Waals surface area contributed by atoms with Gasteiger partial charge in [-0.25, -0.2) is 0 Å². The van der Waals surface area contributed by atoms with Crippen molar-refractivity contribution in [3.8, 4) is 11.1 Å². The maximum Gasteiger partial charge on any atom is -0.00914 e. The van der Waals surface area contributed by atoms with Gasteiger partial charge < -0.3 is 0 Å². The maximum absolute atomic E-state index is 2.33. The van der Waals surface area contributed by atoms with Gasteiger partial charge in [0.15, 0.2) is 0 Å². The third-order valence-electron chi connectivity index (χ3n) is 4.41. The molecule has 23 heavy (non-hydrogen) atoms. The minimum absolute atomic E-state index is 1.04. The van der Waals surface area contributed by atoms with Gasteiger partial charge >= 0.3 is 0 Å². The van der Waals surface area contributed by atoms with Crippen molar-refractivity contribution in [3.63, 3.8) is 0 Å². The topological polar surface area (TPSA) is 0 Å². The van der Waals surface area contributed by atoms with Crippen LogP contribution in [-0.2, 0) is 6.42 Å². The summed E-state index contributed by atoms with van der Waals surface area (Å²) < 4.78 is 0. The molecule has 0 amide bonds. The summed E-state index contributed by atoms with van der Waals surface area (Å²) in [7, 11) is 0. The van der Waals surface area contributed by atoms with Crippen LogP contribution in [0.1, 0.15) is 37.8 Å². The first-order chi connectivity index (χ1) is 11.3. The molecule has 1 aliphatic carbocycles. The van der Waals surface area contributed by atoms with E-state index in [9.17, 15) is 0 Å². The van der Waals surface area contributed by atoms with Gasteiger partial charge in [0.1, 0.15) is 0 Å². The Labute approximate surface area is 139 Å². The summed E-state index contributed by atoms with van der Waals surface area (Å²) in [6.45, 7) is 4.38. The molecular formula is C23H24. The Kier molecular flexibility index (Phi) is 4.92. The third kappa shape index (κ3) is 3.71. The summed E-state index contributed by atoms with van der Waals surface area (Å²) in [4.78, 5) is 0. The van der Waals surface area contributed by atoms with Crippen molar-refractivity contribution in [2.45, 2.75) is 33.1 Å². The molecule has 2 aromatic rings. The van der Waals surface area contributed by atoms with E-state index >= 15 is 0 Å². The van der Waals surface area contributed by atoms with E-state index in [1.165, 1.54) is 33.4 Å². The van der Waals surface area contributed by atoms with Crippen molar-refractivity contribution in [1.29, 1.82) is 0 Å². The van der Waals surface area contributed by atoms with Crippen LogP contribution in [0, 0.1) is 0 Å². The van der Waals surface area contributed by atoms with Crippen molar-refractivity contribution in [1.82, 2.24) is 0 Å². The molecular weight excluding hydrogens is 276 g/mol. The third-order valence-corrected chi connectivity index (χ3v) is 4.41. The van der Waals surface area contributed by atoms with Gasteiger partial charge in [-0.1, -0.05) is 86.7 Å². The summed E-state index contributed by atoms with van der Waals surface area (Å²) in [6, 6.07) is 17.8. The lowest BCUT2D eigenvalue weighted by Gasteiger charge is -2.11. The largest absolute Gasteiger partial charge is 0.0813 e. The highest BCUT2D eigenvalue weighted by Gasteiger charge is 2.04. The van der Waals surface area contributed by atoms with Crippen LogP contribution in [0.4, 0.5) is 0 Å². The number of benzene rings is 2. The fourth-order valence-corrected chi connectivity index (χ4v) is 2.98. The molecule has 2 aromatic carbocycles. The Bertz CT molecular complexity index is 738. The number of hydrogen-bond acceptors (Lipinski definition) is 0. The van der Waals surface area contributed by atoms with Gasteiger partial charge in [0, 0.05) is 0 Å². The average molecular weight is 300 g/mol. The van der Waals surface area contributed by atoms with E-state index in [1.807, 2.05) is 0 Å². The summed E-state index contributed by atoms with van der Waals surface area (Å²) in [5.41, 5.74) is 8.00. The van der Waals surface area contributed by atoms with Gasteiger partial charge in [0.2, 0.25) is 0 Å². The van der Waals surface area contributed by atoms with Crippen LogP contribution in [0.15, 0.2) is 78.4 Å². The fraction of sp³-hybridized carbons (Fsp3) is 0.217. The normalized spacial score (nSPS) is 15.7. The maximum atomic E-state index is 2.33. The van der Waals surface area contributed by atoms with Gasteiger partial charge in [-0.2, -0.15) is 0 Å². The lowest BCUT2D eigenvalue weighted by Crippen LogP contribution is -1.89. The second kappa shape index (κ2) is 7.28. The molecule has 0 radical (unpaired) electrons. The zero-order chi connectivity index (χ0) is 16.1. The Balaban J connectivity index is 1.77. The molecule has 0 nitrogen and oxygen atoms in total. The molecule has 0 unspecified atom stereocenters. The minimum atomic E-state index is 1.04. The molecule has 3 rings (SSSR count). The summed E-state index contributed by atoms with van der Waals surface area (Å²) in [6.07, 6.45) is 12.3. The fourth-order valence-electron chi connectivity index (χ4n) is 2.98. The Morgan fingerprint density at radius 1 is 0.783 bits per heavy atom. The zero-order valence-electron chi connectivity index (χ0n) is 14.0. The Morgan fingerprint density at radius 3 is 1.91 bits per heavy atom. The molecule has 0 aromatic heterocycles. The van der Waals surface area contributed by atoms with E-state index < -0.39 is 0 Å². The lowest BCUT2D eigenvalue weighted by atomic mass is 9.94. The molecule has 0 N–H and O–H groups in total. The highest BCUT2D eigenvalue weighted by atomic mass is 14.1. The number of aryl methyl sites for hydroxylation is 1. The van der Waals surface area contributed by atoms with Crippen LogP contribution < -0.4 is 0 Å². The average Bonchev–Trinajstić information content (AvgIpc) is 2.63. The van der Waals surface area contributed by atoms with Crippen LogP contribution in [0.5, 0.6) is 0 Å². The lowest BCUT2D eigenvalue weighted by molar-refractivity contribution is 1.14. The molecule has 0 spiro atoms. The first-order valence-electron chi connectivity index (χ1n) is 8.57. The van der Waals surface area contributed by atoms with Gasteiger partial charge in [-0.3, -0.25) is 0 Å². The number of hydrogen-bond donors (Lipinski definition) is 0. The van der Waals surface area contributed by atoms with Crippen LogP contribution in [0.3, 0.4) is 0 Å². The smallest absolute Gasteiger partial charge is 0.00914 e. The van der Waals surface area contributed by atoms with E-state index in [1.54, 1.807) is 0 Å². The van der Waals surface area contributed by atoms with Gasteiger partial charge in [-0.05, 0) is 52.7 Å². The molecule has 1 aliphatic rings. The molecule has 0 bridgehead atoms. The standard InChI is InChI=1S/C23H24/c1-3-5-19-8-12-21(13-9-19)23-16-14-22(15-17-23)20-10-6-18(4-2)7-11-20/h5-8,10-17H,3-4,9H2,1-2H3/b19-5+. The van der Waals surface area contributed by atoms with E-state index in [-0.39, 0.29) is 0 Å². The highest BCUT2D eigenvalue weighted by molar-refractivity contribution is 5.78. The van der Waals surface area contributed by atoms with Crippen molar-refractivity contribution < 1.29 is 0 Å². The number of allylic oxidation sites excluding steroid dienone is 6. The molecule has 0 saturated carbocycles. The highest BCUT2D eigenvalue weighted by Crippen LogP contribution is 2.27. The van der Waals surface area contributed by atoms with Gasteiger partial charge in [0.25, 0.3) is 0 Å². The first kappa shape index (κ1) is 15.6. The van der Waals surface area contributed by atoms with Crippen molar-refractivity contribution >= 4 is 5.57 Å². The van der Waals surface area contributed by atoms with Crippen molar-refractivity contribution in [2.75, 3.05) is 0 Å². The zero-order valence-corrected chi connectivity index (χ0v) is 14.0. The molecule has 0 atom stereocenters. The predicted octanol–water partition coefficient (Wildman–Crippen LogP) is 6.60. The second-order valence-corrected chi connectivity index (χ2v) is 6.01. The molecule has 0 fully saturated rings. The van der Waals surface area contributed by atoms with E-state index in [0.717, 1.165) is 19.3 Å². The molecule has 116 valence electrons.